The summed E-state index contributed by atoms with van der Waals surface area (Å²) in [5.74, 6) is -0.421. The van der Waals surface area contributed by atoms with Gasteiger partial charge in [0.1, 0.15) is 5.82 Å². The Labute approximate surface area is 125 Å². The lowest BCUT2D eigenvalue weighted by Crippen LogP contribution is -2.27. The highest BCUT2D eigenvalue weighted by atomic mass is 19.1. The molecule has 0 bridgehead atoms. The molecule has 0 aliphatic carbocycles. The van der Waals surface area contributed by atoms with Gasteiger partial charge in [0.15, 0.2) is 0 Å². The molecule has 0 saturated heterocycles. The number of hydrogen-bond acceptors (Lipinski definition) is 3. The summed E-state index contributed by atoms with van der Waals surface area (Å²) in [5.41, 5.74) is 1.48. The molecule has 2 aromatic rings. The van der Waals surface area contributed by atoms with Crippen LogP contribution in [0.4, 0.5) is 4.39 Å². The third-order valence-electron chi connectivity index (χ3n) is 3.54. The Kier molecular flexibility index (Phi) is 5.42. The van der Waals surface area contributed by atoms with Crippen LogP contribution in [-0.4, -0.2) is 28.6 Å². The summed E-state index contributed by atoms with van der Waals surface area (Å²) < 4.78 is 13.7. The molecule has 4 heteroatoms. The normalized spacial score (nSPS) is 14.1. The number of nitrogens with zero attached hydrogens (tertiary/aromatic N) is 2. The maximum Gasteiger partial charge on any atom is 0.129 e. The van der Waals surface area contributed by atoms with Gasteiger partial charge in [-0.2, -0.15) is 0 Å². The van der Waals surface area contributed by atoms with E-state index in [0.717, 1.165) is 12.1 Å². The number of benzene rings is 1. The van der Waals surface area contributed by atoms with Crippen molar-refractivity contribution in [3.8, 4) is 0 Å². The maximum absolute atomic E-state index is 13.7. The second-order valence-electron chi connectivity index (χ2n) is 5.50. The average molecular weight is 288 g/mol. The van der Waals surface area contributed by atoms with E-state index in [2.05, 4.69) is 9.88 Å². The van der Waals surface area contributed by atoms with E-state index < -0.39 is 6.10 Å². The summed E-state index contributed by atoms with van der Waals surface area (Å²) in [6.07, 6.45) is 2.77. The van der Waals surface area contributed by atoms with Crippen molar-refractivity contribution in [2.75, 3.05) is 13.6 Å². The molecule has 1 N–H and O–H groups in total. The monoisotopic (exact) mass is 288 g/mol. The van der Waals surface area contributed by atoms with E-state index in [4.69, 9.17) is 0 Å². The van der Waals surface area contributed by atoms with Gasteiger partial charge in [-0.1, -0.05) is 31.2 Å². The van der Waals surface area contributed by atoms with E-state index >= 15 is 0 Å². The lowest BCUT2D eigenvalue weighted by molar-refractivity contribution is 0.0901. The second kappa shape index (κ2) is 7.29. The molecule has 0 spiro atoms. The van der Waals surface area contributed by atoms with Gasteiger partial charge in [0.2, 0.25) is 0 Å². The van der Waals surface area contributed by atoms with Crippen LogP contribution in [0.3, 0.4) is 0 Å². The second-order valence-corrected chi connectivity index (χ2v) is 5.50. The van der Waals surface area contributed by atoms with E-state index in [1.54, 1.807) is 24.4 Å². The fourth-order valence-electron chi connectivity index (χ4n) is 2.48. The van der Waals surface area contributed by atoms with E-state index in [1.165, 1.54) is 6.07 Å². The smallest absolute Gasteiger partial charge is 0.129 e. The average Bonchev–Trinajstić information content (AvgIpc) is 2.48. The predicted octanol–water partition coefficient (Wildman–Crippen LogP) is 3.02. The summed E-state index contributed by atoms with van der Waals surface area (Å²) in [4.78, 5) is 6.19. The first-order chi connectivity index (χ1) is 10.1. The summed E-state index contributed by atoms with van der Waals surface area (Å²) in [7, 11) is 1.98. The van der Waals surface area contributed by atoms with Gasteiger partial charge in [-0.15, -0.1) is 0 Å². The Balaban J connectivity index is 1.94. The first-order valence-electron chi connectivity index (χ1n) is 7.08. The number of aromatic nitrogens is 1. The molecule has 2 rings (SSSR count). The van der Waals surface area contributed by atoms with Gasteiger partial charge in [-0.25, -0.2) is 4.39 Å². The molecule has 1 aromatic carbocycles. The van der Waals surface area contributed by atoms with Gasteiger partial charge >= 0.3 is 0 Å². The van der Waals surface area contributed by atoms with E-state index in [9.17, 15) is 9.50 Å². The minimum Gasteiger partial charge on any atom is -0.388 e. The minimum atomic E-state index is -0.803. The standard InChI is InChI=1S/C17H21FN2O/c1-13(17(21)15-7-3-4-8-16(15)18)11-20(2)12-14-6-5-9-19-10-14/h3-10,13,17,21H,11-12H2,1-2H3. The fourth-order valence-corrected chi connectivity index (χ4v) is 2.48. The molecule has 1 heterocycles. The van der Waals surface area contributed by atoms with Crippen molar-refractivity contribution in [1.29, 1.82) is 0 Å². The number of pyridine rings is 1. The van der Waals surface area contributed by atoms with Crippen LogP contribution in [0, 0.1) is 11.7 Å². The van der Waals surface area contributed by atoms with Crippen molar-refractivity contribution >= 4 is 0 Å². The van der Waals surface area contributed by atoms with Gasteiger partial charge in [0.25, 0.3) is 0 Å². The third-order valence-corrected chi connectivity index (χ3v) is 3.54. The van der Waals surface area contributed by atoms with Crippen molar-refractivity contribution in [3.05, 3.63) is 65.7 Å². The van der Waals surface area contributed by atoms with Gasteiger partial charge in [-0.05, 0) is 30.7 Å². The van der Waals surface area contributed by atoms with Gasteiger partial charge in [0, 0.05) is 31.0 Å². The van der Waals surface area contributed by atoms with Crippen LogP contribution in [0.15, 0.2) is 48.8 Å². The van der Waals surface area contributed by atoms with Gasteiger partial charge in [-0.3, -0.25) is 4.98 Å². The molecule has 0 saturated carbocycles. The number of aliphatic hydroxyl groups excluding tert-OH is 1. The number of rotatable bonds is 6. The molecule has 3 nitrogen and oxygen atoms in total. The van der Waals surface area contributed by atoms with Crippen LogP contribution in [0.25, 0.3) is 0 Å². The van der Waals surface area contributed by atoms with Crippen LogP contribution in [0.5, 0.6) is 0 Å². The van der Waals surface area contributed by atoms with E-state index in [-0.39, 0.29) is 11.7 Å². The number of aliphatic hydroxyl groups is 1. The number of hydrogen-bond donors (Lipinski definition) is 1. The molecule has 112 valence electrons. The quantitative estimate of drug-likeness (QED) is 0.887. The highest BCUT2D eigenvalue weighted by Gasteiger charge is 2.20. The third kappa shape index (κ3) is 4.34. The van der Waals surface area contributed by atoms with Crippen molar-refractivity contribution < 1.29 is 9.50 Å². The zero-order chi connectivity index (χ0) is 15.2. The molecule has 0 aliphatic heterocycles. The highest BCUT2D eigenvalue weighted by molar-refractivity contribution is 5.20. The lowest BCUT2D eigenvalue weighted by atomic mass is 9.96. The Bertz CT molecular complexity index is 562. The Morgan fingerprint density at radius 3 is 2.67 bits per heavy atom. The van der Waals surface area contributed by atoms with E-state index in [0.29, 0.717) is 12.1 Å². The molecule has 21 heavy (non-hydrogen) atoms. The molecule has 0 fully saturated rings. The van der Waals surface area contributed by atoms with Crippen molar-refractivity contribution in [3.63, 3.8) is 0 Å². The Morgan fingerprint density at radius 2 is 2.00 bits per heavy atom. The summed E-state index contributed by atoms with van der Waals surface area (Å²) in [5, 5.41) is 10.3. The zero-order valence-electron chi connectivity index (χ0n) is 12.4. The molecule has 1 aromatic heterocycles. The first kappa shape index (κ1) is 15.6. The molecule has 2 atom stereocenters. The van der Waals surface area contributed by atoms with Crippen LogP contribution in [0.1, 0.15) is 24.2 Å². The maximum atomic E-state index is 13.7. The van der Waals surface area contributed by atoms with Crippen LogP contribution >= 0.6 is 0 Å². The molecule has 0 amide bonds. The molecule has 0 aliphatic rings. The lowest BCUT2D eigenvalue weighted by Gasteiger charge is -2.25. The van der Waals surface area contributed by atoms with Crippen molar-refractivity contribution in [2.24, 2.45) is 5.92 Å². The zero-order valence-corrected chi connectivity index (χ0v) is 12.4. The van der Waals surface area contributed by atoms with Gasteiger partial charge < -0.3 is 10.0 Å². The predicted molar refractivity (Wildman–Crippen MR) is 81.1 cm³/mol. The summed E-state index contributed by atoms with van der Waals surface area (Å²) >= 11 is 0. The molecule has 2 unspecified atom stereocenters. The van der Waals surface area contributed by atoms with E-state index in [1.807, 2.05) is 32.3 Å². The first-order valence-corrected chi connectivity index (χ1v) is 7.08. The summed E-state index contributed by atoms with van der Waals surface area (Å²) in [6.45, 7) is 3.35. The Hall–Kier alpha value is -1.78. The number of halogens is 1. The molecular formula is C17H21FN2O. The van der Waals surface area contributed by atoms with Crippen LogP contribution in [0.2, 0.25) is 0 Å². The molecular weight excluding hydrogens is 267 g/mol. The fraction of sp³-hybridized carbons (Fsp3) is 0.353. The van der Waals surface area contributed by atoms with Crippen molar-refractivity contribution in [2.45, 2.75) is 19.6 Å². The Morgan fingerprint density at radius 1 is 1.24 bits per heavy atom. The topological polar surface area (TPSA) is 36.4 Å². The molecule has 0 radical (unpaired) electrons. The van der Waals surface area contributed by atoms with Crippen LogP contribution in [-0.2, 0) is 6.54 Å². The summed E-state index contributed by atoms with van der Waals surface area (Å²) in [6, 6.07) is 10.3. The SMILES string of the molecule is CC(CN(C)Cc1cccnc1)C(O)c1ccccc1F. The van der Waals surface area contributed by atoms with Gasteiger partial charge in [0.05, 0.1) is 6.10 Å². The minimum absolute atomic E-state index is 0.0661. The van der Waals surface area contributed by atoms with Crippen molar-refractivity contribution in [1.82, 2.24) is 9.88 Å². The largest absolute Gasteiger partial charge is 0.388 e. The van der Waals surface area contributed by atoms with Crippen LogP contribution < -0.4 is 0 Å². The highest BCUT2D eigenvalue weighted by Crippen LogP contribution is 2.24.